The molecule has 6 nitrogen and oxygen atoms in total. The Kier molecular flexibility index (Phi) is 6.59. The molecular formula is C37H37N6+. The average Bonchev–Trinajstić information content (AvgIpc) is 3.03. The van der Waals surface area contributed by atoms with Crippen molar-refractivity contribution in [3.63, 3.8) is 0 Å². The first-order chi connectivity index (χ1) is 20.8. The first kappa shape index (κ1) is 27.0. The summed E-state index contributed by atoms with van der Waals surface area (Å²) in [6.45, 7) is 0. The number of quaternary nitrogens is 1. The topological polar surface area (TPSA) is 49.6 Å². The van der Waals surface area contributed by atoms with Crippen molar-refractivity contribution in [2.45, 2.75) is 12.8 Å². The number of anilines is 2. The summed E-state index contributed by atoms with van der Waals surface area (Å²) in [6.07, 6.45) is 1.75. The molecule has 7 rings (SSSR count). The van der Waals surface area contributed by atoms with Crippen LogP contribution < -0.4 is 14.7 Å². The number of pyridine rings is 1. The van der Waals surface area contributed by atoms with Crippen LogP contribution in [-0.2, 0) is 12.8 Å². The van der Waals surface area contributed by atoms with Crippen LogP contribution in [0.15, 0.2) is 84.9 Å². The molecule has 1 aliphatic carbocycles. The molecule has 43 heavy (non-hydrogen) atoms. The fourth-order valence-electron chi connectivity index (χ4n) is 6.21. The number of aromatic nitrogens is 3. The lowest BCUT2D eigenvalue weighted by molar-refractivity contribution is -0.786. The fourth-order valence-corrected chi connectivity index (χ4v) is 6.21. The number of nitrogens with one attached hydrogen (secondary N) is 1. The van der Waals surface area contributed by atoms with Crippen molar-refractivity contribution < 1.29 is 4.90 Å². The predicted molar refractivity (Wildman–Crippen MR) is 180 cm³/mol. The molecule has 1 aliphatic rings. The van der Waals surface area contributed by atoms with Gasteiger partial charge in [0.1, 0.15) is 5.69 Å². The Balaban J connectivity index is 1.48. The molecule has 0 atom stereocenters. The number of rotatable bonds is 6. The average molecular weight is 566 g/mol. The lowest BCUT2D eigenvalue weighted by atomic mass is 9.86. The van der Waals surface area contributed by atoms with Crippen LogP contribution in [0.2, 0.25) is 0 Å². The van der Waals surface area contributed by atoms with Crippen LogP contribution in [0.25, 0.3) is 55.6 Å². The highest BCUT2D eigenvalue weighted by atomic mass is 15.1. The smallest absolute Gasteiger partial charge is 0.160 e. The van der Waals surface area contributed by atoms with Gasteiger partial charge in [0, 0.05) is 72.4 Å². The monoisotopic (exact) mass is 565 g/mol. The van der Waals surface area contributed by atoms with E-state index >= 15 is 0 Å². The van der Waals surface area contributed by atoms with Gasteiger partial charge in [0.05, 0.1) is 36.7 Å². The van der Waals surface area contributed by atoms with Crippen LogP contribution in [0.3, 0.4) is 0 Å². The van der Waals surface area contributed by atoms with Crippen molar-refractivity contribution in [1.29, 1.82) is 0 Å². The molecule has 0 spiro atoms. The second-order valence-corrected chi connectivity index (χ2v) is 12.1. The molecule has 0 fully saturated rings. The third-order valence-electron chi connectivity index (χ3n) is 8.65. The first-order valence-corrected chi connectivity index (χ1v) is 14.9. The molecule has 0 saturated carbocycles. The highest BCUT2D eigenvalue weighted by Gasteiger charge is 2.25. The van der Waals surface area contributed by atoms with E-state index in [-0.39, 0.29) is 0 Å². The molecule has 6 heteroatoms. The summed E-state index contributed by atoms with van der Waals surface area (Å²) in [5.74, 6) is 0.783. The van der Waals surface area contributed by atoms with Gasteiger partial charge in [0.15, 0.2) is 5.82 Å². The zero-order valence-electron chi connectivity index (χ0n) is 25.7. The van der Waals surface area contributed by atoms with E-state index in [4.69, 9.17) is 15.0 Å². The maximum absolute atomic E-state index is 5.42. The second kappa shape index (κ2) is 10.5. The first-order valence-electron chi connectivity index (χ1n) is 14.9. The van der Waals surface area contributed by atoms with Crippen LogP contribution in [0.4, 0.5) is 17.1 Å². The SMILES string of the molecule is CN(C)c1ccc(-c2nc3c4c(ccc5c(-c6ccc(N(C)C)cc6)nc(-c6ccc([NH+](C)C)cc6)c(c54)CC3)n2)cc1. The second-order valence-electron chi connectivity index (χ2n) is 12.1. The molecule has 0 aliphatic heterocycles. The zero-order valence-corrected chi connectivity index (χ0v) is 25.7. The molecule has 0 amide bonds. The predicted octanol–water partition coefficient (Wildman–Crippen LogP) is 6.19. The van der Waals surface area contributed by atoms with Gasteiger partial charge in [-0.2, -0.15) is 0 Å². The van der Waals surface area contributed by atoms with Gasteiger partial charge in [-0.1, -0.05) is 12.1 Å². The number of hydrogen-bond acceptors (Lipinski definition) is 5. The van der Waals surface area contributed by atoms with Gasteiger partial charge in [0.2, 0.25) is 0 Å². The van der Waals surface area contributed by atoms with Gasteiger partial charge in [-0.05, 0) is 91.2 Å². The molecule has 214 valence electrons. The molecule has 0 unspecified atom stereocenters. The van der Waals surface area contributed by atoms with Crippen molar-refractivity contribution in [1.82, 2.24) is 15.0 Å². The number of benzene rings is 4. The van der Waals surface area contributed by atoms with E-state index in [0.29, 0.717) is 0 Å². The van der Waals surface area contributed by atoms with Gasteiger partial charge in [-0.15, -0.1) is 0 Å². The highest BCUT2D eigenvalue weighted by molar-refractivity contribution is 6.15. The minimum absolute atomic E-state index is 0.783. The number of hydrogen-bond donors (Lipinski definition) is 1. The van der Waals surface area contributed by atoms with E-state index in [1.54, 1.807) is 0 Å². The van der Waals surface area contributed by atoms with E-state index in [1.165, 1.54) is 27.2 Å². The molecule has 4 aromatic carbocycles. The quantitative estimate of drug-likeness (QED) is 0.244. The number of aryl methyl sites for hydroxylation is 2. The summed E-state index contributed by atoms with van der Waals surface area (Å²) in [5.41, 5.74) is 12.3. The standard InChI is InChI=1S/C37H36N6/c1-41(2)26-13-7-23(8-14-26)35-29-19-21-31-34-32(39-37(38-31)25-11-17-28(18-12-25)43(5)6)22-20-30(33(29)34)36(40-35)24-9-15-27(16-10-24)42(3)4/h7-19,21H,20,22H2,1-6H3/p+1. The molecule has 0 radical (unpaired) electrons. The Bertz CT molecular complexity index is 1970. The van der Waals surface area contributed by atoms with Crippen LogP contribution >= 0.6 is 0 Å². The van der Waals surface area contributed by atoms with E-state index in [1.807, 2.05) is 0 Å². The van der Waals surface area contributed by atoms with Gasteiger partial charge in [0.25, 0.3) is 0 Å². The van der Waals surface area contributed by atoms with E-state index < -0.39 is 0 Å². The van der Waals surface area contributed by atoms with Crippen LogP contribution in [0, 0.1) is 0 Å². The van der Waals surface area contributed by atoms with E-state index in [2.05, 4.69) is 137 Å². The van der Waals surface area contributed by atoms with Crippen molar-refractivity contribution in [2.24, 2.45) is 0 Å². The summed E-state index contributed by atoms with van der Waals surface area (Å²) in [4.78, 5) is 21.2. The molecule has 6 aromatic rings. The molecule has 2 aromatic heterocycles. The molecular weight excluding hydrogens is 528 g/mol. The van der Waals surface area contributed by atoms with Gasteiger partial charge in [-0.25, -0.2) is 15.0 Å². The zero-order chi connectivity index (χ0) is 29.8. The minimum atomic E-state index is 0.783. The Morgan fingerprint density at radius 2 is 1.14 bits per heavy atom. The third kappa shape index (κ3) is 4.68. The summed E-state index contributed by atoms with van der Waals surface area (Å²) in [6, 6.07) is 30.4. The third-order valence-corrected chi connectivity index (χ3v) is 8.65. The van der Waals surface area contributed by atoms with Crippen molar-refractivity contribution in [3.8, 4) is 33.9 Å². The summed E-state index contributed by atoms with van der Waals surface area (Å²) < 4.78 is 0. The van der Waals surface area contributed by atoms with Crippen LogP contribution in [-0.4, -0.2) is 57.2 Å². The maximum Gasteiger partial charge on any atom is 0.160 e. The molecule has 0 bridgehead atoms. The van der Waals surface area contributed by atoms with Gasteiger partial charge >= 0.3 is 0 Å². The van der Waals surface area contributed by atoms with Crippen molar-refractivity contribution >= 4 is 38.7 Å². The lowest BCUT2D eigenvalue weighted by Gasteiger charge is -2.23. The lowest BCUT2D eigenvalue weighted by Crippen LogP contribution is -3.00. The fraction of sp³-hybridized carbons (Fsp3) is 0.216. The largest absolute Gasteiger partial charge is 0.378 e. The maximum atomic E-state index is 5.42. The summed E-state index contributed by atoms with van der Waals surface area (Å²) >= 11 is 0. The summed E-state index contributed by atoms with van der Waals surface area (Å²) in [5, 5.41) is 3.56. The van der Waals surface area contributed by atoms with Crippen LogP contribution in [0.1, 0.15) is 11.3 Å². The molecule has 1 N–H and O–H groups in total. The van der Waals surface area contributed by atoms with E-state index in [9.17, 15) is 0 Å². The Labute approximate surface area is 253 Å². The summed E-state index contributed by atoms with van der Waals surface area (Å²) in [7, 11) is 12.6. The minimum Gasteiger partial charge on any atom is -0.378 e. The Morgan fingerprint density at radius 1 is 0.558 bits per heavy atom. The van der Waals surface area contributed by atoms with Crippen LogP contribution in [0.5, 0.6) is 0 Å². The van der Waals surface area contributed by atoms with Crippen molar-refractivity contribution in [2.75, 3.05) is 52.1 Å². The van der Waals surface area contributed by atoms with Gasteiger partial charge in [-0.3, -0.25) is 0 Å². The number of nitrogens with zero attached hydrogens (tertiary/aromatic N) is 5. The Hall–Kier alpha value is -4.81. The van der Waals surface area contributed by atoms with Gasteiger partial charge < -0.3 is 14.7 Å². The van der Waals surface area contributed by atoms with E-state index in [0.717, 1.165) is 74.4 Å². The highest BCUT2D eigenvalue weighted by Crippen LogP contribution is 2.43. The normalized spacial score (nSPS) is 12.4. The van der Waals surface area contributed by atoms with Crippen molar-refractivity contribution in [3.05, 3.63) is 96.2 Å². The molecule has 0 saturated heterocycles. The Morgan fingerprint density at radius 3 is 1.74 bits per heavy atom. The molecule has 2 heterocycles.